The van der Waals surface area contributed by atoms with Crippen LogP contribution in [-0.2, 0) is 10.0 Å². The van der Waals surface area contributed by atoms with Crippen LogP contribution in [0.15, 0.2) is 35.2 Å². The SMILES string of the molecule is CC1CCNCC1NS(=O)(=O)c1ccccc1. The van der Waals surface area contributed by atoms with Gasteiger partial charge in [0, 0.05) is 12.6 Å². The van der Waals surface area contributed by atoms with Crippen molar-refractivity contribution in [1.29, 1.82) is 0 Å². The summed E-state index contributed by atoms with van der Waals surface area (Å²) in [5.74, 6) is 0.370. The largest absolute Gasteiger partial charge is 0.315 e. The minimum atomic E-state index is -3.38. The second kappa shape index (κ2) is 5.16. The van der Waals surface area contributed by atoms with Crippen molar-refractivity contribution < 1.29 is 8.42 Å². The average molecular weight is 254 g/mol. The molecule has 5 heteroatoms. The standard InChI is InChI=1S/C12H18N2O2S/c1-10-7-8-13-9-12(10)14-17(15,16)11-5-3-2-4-6-11/h2-6,10,12-14H,7-9H2,1H3. The minimum absolute atomic E-state index is 0.0195. The van der Waals surface area contributed by atoms with Gasteiger partial charge in [0.05, 0.1) is 4.90 Å². The smallest absolute Gasteiger partial charge is 0.240 e. The third kappa shape index (κ3) is 3.06. The van der Waals surface area contributed by atoms with Gasteiger partial charge in [0.2, 0.25) is 10.0 Å². The molecule has 0 aliphatic carbocycles. The lowest BCUT2D eigenvalue weighted by molar-refractivity contribution is 0.327. The fourth-order valence-corrected chi connectivity index (χ4v) is 3.38. The Bertz CT molecular complexity index is 459. The van der Waals surface area contributed by atoms with Crippen molar-refractivity contribution in [3.8, 4) is 0 Å². The Morgan fingerprint density at radius 2 is 2.00 bits per heavy atom. The van der Waals surface area contributed by atoms with Crippen LogP contribution in [0, 0.1) is 5.92 Å². The van der Waals surface area contributed by atoms with Crippen molar-refractivity contribution in [2.45, 2.75) is 24.3 Å². The predicted molar refractivity (Wildman–Crippen MR) is 67.2 cm³/mol. The molecular weight excluding hydrogens is 236 g/mol. The van der Waals surface area contributed by atoms with Crippen molar-refractivity contribution in [3.05, 3.63) is 30.3 Å². The maximum atomic E-state index is 12.1. The molecule has 1 heterocycles. The molecule has 0 aromatic heterocycles. The van der Waals surface area contributed by atoms with Crippen LogP contribution in [0.2, 0.25) is 0 Å². The monoisotopic (exact) mass is 254 g/mol. The zero-order chi connectivity index (χ0) is 12.3. The third-order valence-corrected chi connectivity index (χ3v) is 4.69. The molecule has 0 amide bonds. The van der Waals surface area contributed by atoms with E-state index in [2.05, 4.69) is 17.0 Å². The second-order valence-corrected chi connectivity index (χ2v) is 6.22. The van der Waals surface area contributed by atoms with E-state index in [1.54, 1.807) is 24.3 Å². The molecule has 94 valence electrons. The van der Waals surface area contributed by atoms with E-state index in [1.165, 1.54) is 0 Å². The van der Waals surface area contributed by atoms with Gasteiger partial charge in [0.1, 0.15) is 0 Å². The zero-order valence-electron chi connectivity index (χ0n) is 9.89. The van der Waals surface area contributed by atoms with Crippen LogP contribution >= 0.6 is 0 Å². The summed E-state index contributed by atoms with van der Waals surface area (Å²) < 4.78 is 27.0. The molecule has 1 saturated heterocycles. The molecule has 2 atom stereocenters. The first-order valence-corrected chi connectivity index (χ1v) is 7.36. The minimum Gasteiger partial charge on any atom is -0.315 e. The van der Waals surface area contributed by atoms with E-state index in [0.29, 0.717) is 17.4 Å². The first-order chi connectivity index (χ1) is 8.09. The van der Waals surface area contributed by atoms with E-state index in [9.17, 15) is 8.42 Å². The molecule has 17 heavy (non-hydrogen) atoms. The number of rotatable bonds is 3. The van der Waals surface area contributed by atoms with Gasteiger partial charge in [-0.2, -0.15) is 0 Å². The summed E-state index contributed by atoms with van der Waals surface area (Å²) in [6.45, 7) is 3.75. The molecule has 1 aliphatic rings. The van der Waals surface area contributed by atoms with E-state index >= 15 is 0 Å². The van der Waals surface area contributed by atoms with Gasteiger partial charge in [-0.3, -0.25) is 0 Å². The van der Waals surface area contributed by atoms with Crippen molar-refractivity contribution in [2.24, 2.45) is 5.92 Å². The lowest BCUT2D eigenvalue weighted by Crippen LogP contribution is -2.50. The molecule has 0 spiro atoms. The Morgan fingerprint density at radius 3 is 2.65 bits per heavy atom. The van der Waals surface area contributed by atoms with Crippen molar-refractivity contribution in [3.63, 3.8) is 0 Å². The van der Waals surface area contributed by atoms with E-state index in [1.807, 2.05) is 6.07 Å². The van der Waals surface area contributed by atoms with Crippen LogP contribution in [-0.4, -0.2) is 27.5 Å². The number of nitrogens with one attached hydrogen (secondary N) is 2. The average Bonchev–Trinajstić information content (AvgIpc) is 2.33. The molecule has 1 aliphatic heterocycles. The summed E-state index contributed by atoms with van der Waals surface area (Å²) in [7, 11) is -3.38. The Labute approximate surface area is 102 Å². The Kier molecular flexibility index (Phi) is 3.81. The second-order valence-electron chi connectivity index (χ2n) is 4.51. The zero-order valence-corrected chi connectivity index (χ0v) is 10.7. The molecule has 2 unspecified atom stereocenters. The van der Waals surface area contributed by atoms with E-state index < -0.39 is 10.0 Å². The van der Waals surface area contributed by atoms with Crippen LogP contribution in [0.4, 0.5) is 0 Å². The molecule has 0 radical (unpaired) electrons. The van der Waals surface area contributed by atoms with Crippen molar-refractivity contribution >= 4 is 10.0 Å². The Morgan fingerprint density at radius 1 is 1.29 bits per heavy atom. The van der Waals surface area contributed by atoms with Gasteiger partial charge in [-0.15, -0.1) is 0 Å². The van der Waals surface area contributed by atoms with Crippen LogP contribution in [0.25, 0.3) is 0 Å². The number of hydrogen-bond donors (Lipinski definition) is 2. The van der Waals surface area contributed by atoms with Crippen molar-refractivity contribution in [2.75, 3.05) is 13.1 Å². The lowest BCUT2D eigenvalue weighted by Gasteiger charge is -2.29. The third-order valence-electron chi connectivity index (χ3n) is 3.19. The first-order valence-electron chi connectivity index (χ1n) is 5.88. The lowest BCUT2D eigenvalue weighted by atomic mass is 9.96. The van der Waals surface area contributed by atoms with E-state index in [4.69, 9.17) is 0 Å². The number of sulfonamides is 1. The molecule has 4 nitrogen and oxygen atoms in total. The summed E-state index contributed by atoms with van der Waals surface area (Å²) in [6.07, 6.45) is 1.00. The van der Waals surface area contributed by atoms with Gasteiger partial charge in [0.15, 0.2) is 0 Å². The Hall–Kier alpha value is -0.910. The highest BCUT2D eigenvalue weighted by Crippen LogP contribution is 2.15. The summed E-state index contributed by atoms with van der Waals surface area (Å²) in [5.41, 5.74) is 0. The normalized spacial score (nSPS) is 25.7. The summed E-state index contributed by atoms with van der Waals surface area (Å²) in [6, 6.07) is 8.49. The van der Waals surface area contributed by atoms with Crippen LogP contribution in [0.1, 0.15) is 13.3 Å². The van der Waals surface area contributed by atoms with Crippen molar-refractivity contribution in [1.82, 2.24) is 10.0 Å². The van der Waals surface area contributed by atoms with Gasteiger partial charge < -0.3 is 5.32 Å². The molecule has 1 fully saturated rings. The highest BCUT2D eigenvalue weighted by atomic mass is 32.2. The van der Waals surface area contributed by atoms with Gasteiger partial charge in [-0.1, -0.05) is 25.1 Å². The van der Waals surface area contributed by atoms with E-state index in [-0.39, 0.29) is 6.04 Å². The maximum absolute atomic E-state index is 12.1. The molecule has 0 bridgehead atoms. The van der Waals surface area contributed by atoms with Gasteiger partial charge in [-0.25, -0.2) is 13.1 Å². The molecular formula is C12H18N2O2S. The van der Waals surface area contributed by atoms with E-state index in [0.717, 1.165) is 13.0 Å². The number of hydrogen-bond acceptors (Lipinski definition) is 3. The molecule has 0 saturated carbocycles. The predicted octanol–water partition coefficient (Wildman–Crippen LogP) is 0.963. The number of benzene rings is 1. The molecule has 1 aromatic rings. The highest BCUT2D eigenvalue weighted by Gasteiger charge is 2.26. The fourth-order valence-electron chi connectivity index (χ4n) is 2.01. The van der Waals surface area contributed by atoms with Gasteiger partial charge in [-0.05, 0) is 31.0 Å². The van der Waals surface area contributed by atoms with Gasteiger partial charge >= 0.3 is 0 Å². The quantitative estimate of drug-likeness (QED) is 0.845. The summed E-state index contributed by atoms with van der Waals surface area (Å²) in [5, 5.41) is 3.21. The summed E-state index contributed by atoms with van der Waals surface area (Å²) >= 11 is 0. The van der Waals surface area contributed by atoms with Crippen LogP contribution < -0.4 is 10.0 Å². The molecule has 2 N–H and O–H groups in total. The Balaban J connectivity index is 2.12. The first kappa shape index (κ1) is 12.5. The molecule has 2 rings (SSSR count). The fraction of sp³-hybridized carbons (Fsp3) is 0.500. The number of piperidine rings is 1. The van der Waals surface area contributed by atoms with Gasteiger partial charge in [0.25, 0.3) is 0 Å². The van der Waals surface area contributed by atoms with Crippen LogP contribution in [0.5, 0.6) is 0 Å². The highest BCUT2D eigenvalue weighted by molar-refractivity contribution is 7.89. The molecule has 1 aromatic carbocycles. The van der Waals surface area contributed by atoms with Crippen LogP contribution in [0.3, 0.4) is 0 Å². The summed E-state index contributed by atoms with van der Waals surface area (Å²) in [4.78, 5) is 0.331. The topological polar surface area (TPSA) is 58.2 Å². The maximum Gasteiger partial charge on any atom is 0.240 e.